The van der Waals surface area contributed by atoms with Crippen molar-refractivity contribution in [3.8, 4) is 22.8 Å². The van der Waals surface area contributed by atoms with E-state index in [-0.39, 0.29) is 10.5 Å². The van der Waals surface area contributed by atoms with E-state index >= 15 is 0 Å². The van der Waals surface area contributed by atoms with Gasteiger partial charge in [-0.1, -0.05) is 45.0 Å². The molecule has 2 aromatic heterocycles. The number of aromatic hydroxyl groups is 1. The van der Waals surface area contributed by atoms with Gasteiger partial charge in [0.15, 0.2) is 0 Å². The first-order chi connectivity index (χ1) is 17.4. The zero-order valence-corrected chi connectivity index (χ0v) is 23.0. The van der Waals surface area contributed by atoms with Gasteiger partial charge >= 0.3 is 5.97 Å². The van der Waals surface area contributed by atoms with Crippen molar-refractivity contribution < 1.29 is 19.7 Å². The van der Waals surface area contributed by atoms with Crippen molar-refractivity contribution in [3.63, 3.8) is 0 Å². The molecule has 0 fully saturated rings. The number of methoxy groups -OCH3 is 1. The lowest BCUT2D eigenvalue weighted by Gasteiger charge is -2.24. The molecule has 0 aliphatic heterocycles. The first-order valence-electron chi connectivity index (χ1n) is 12.2. The Morgan fingerprint density at radius 2 is 1.68 bits per heavy atom. The number of fused-ring (bicyclic) bond motifs is 1. The first kappa shape index (κ1) is 26.6. The van der Waals surface area contributed by atoms with E-state index in [0.29, 0.717) is 18.8 Å². The maximum atomic E-state index is 12.1. The molecule has 2 N–H and O–H groups in total. The molecule has 4 aromatic rings. The van der Waals surface area contributed by atoms with E-state index < -0.39 is 11.4 Å². The summed E-state index contributed by atoms with van der Waals surface area (Å²) in [6, 6.07) is 17.6. The fourth-order valence-electron chi connectivity index (χ4n) is 4.29. The summed E-state index contributed by atoms with van der Waals surface area (Å²) in [4.78, 5) is 17.4. The number of pyridine rings is 1. The van der Waals surface area contributed by atoms with Crippen molar-refractivity contribution in [2.45, 2.75) is 57.2 Å². The van der Waals surface area contributed by atoms with E-state index in [1.165, 1.54) is 0 Å². The molecule has 0 spiro atoms. The van der Waals surface area contributed by atoms with Gasteiger partial charge in [0.2, 0.25) is 5.88 Å². The lowest BCUT2D eigenvalue weighted by atomic mass is 9.88. The zero-order valence-electron chi connectivity index (χ0n) is 22.2. The van der Waals surface area contributed by atoms with Crippen LogP contribution in [0, 0.1) is 5.41 Å². The number of benzene rings is 2. The Kier molecular flexibility index (Phi) is 7.29. The van der Waals surface area contributed by atoms with E-state index in [4.69, 9.17) is 4.74 Å². The Balaban J connectivity index is 1.80. The van der Waals surface area contributed by atoms with Crippen LogP contribution in [0.2, 0.25) is 0 Å². The number of carbonyl (C=O) groups is 1. The summed E-state index contributed by atoms with van der Waals surface area (Å²) in [5.74, 6) is -0.0649. The molecule has 0 aliphatic carbocycles. The van der Waals surface area contributed by atoms with Gasteiger partial charge in [-0.05, 0) is 49.2 Å². The van der Waals surface area contributed by atoms with Crippen LogP contribution in [0.4, 0.5) is 0 Å². The number of hydrogen-bond donors (Lipinski definition) is 2. The summed E-state index contributed by atoms with van der Waals surface area (Å²) < 4.78 is 7.27. The number of carboxylic acids is 1. The van der Waals surface area contributed by atoms with Gasteiger partial charge < -0.3 is 19.5 Å². The standard InChI is InChI=1S/C30H34N2O4S/c1-29(2,3)37-27-23-15-22(33)12-13-24(23)32(25(27)16-30(4,5)28(34)35)18-19-7-9-20(10-8-19)21-11-14-26(36-6)31-17-21/h7-15,17,33H,16,18H2,1-6H3,(H,34,35). The highest BCUT2D eigenvalue weighted by Crippen LogP contribution is 2.44. The van der Waals surface area contributed by atoms with Gasteiger partial charge in [0, 0.05) is 57.0 Å². The summed E-state index contributed by atoms with van der Waals surface area (Å²) in [7, 11) is 1.60. The summed E-state index contributed by atoms with van der Waals surface area (Å²) in [5.41, 5.74) is 4.14. The second kappa shape index (κ2) is 10.1. The van der Waals surface area contributed by atoms with Crippen LogP contribution in [-0.4, -0.2) is 37.6 Å². The minimum absolute atomic E-state index is 0.0965. The number of aliphatic carboxylic acids is 1. The fourth-order valence-corrected chi connectivity index (χ4v) is 5.48. The third-order valence-electron chi connectivity index (χ3n) is 6.27. The molecule has 2 aromatic carbocycles. The number of nitrogens with zero attached hydrogens (tertiary/aromatic N) is 2. The van der Waals surface area contributed by atoms with Crippen LogP contribution in [0.15, 0.2) is 65.7 Å². The maximum Gasteiger partial charge on any atom is 0.309 e. The monoisotopic (exact) mass is 518 g/mol. The number of thioether (sulfide) groups is 1. The summed E-state index contributed by atoms with van der Waals surface area (Å²) in [6.45, 7) is 10.5. The van der Waals surface area contributed by atoms with Crippen LogP contribution in [0.3, 0.4) is 0 Å². The molecule has 194 valence electrons. The van der Waals surface area contributed by atoms with Crippen molar-refractivity contribution in [3.05, 3.63) is 72.1 Å². The van der Waals surface area contributed by atoms with Crippen molar-refractivity contribution in [1.82, 2.24) is 9.55 Å². The summed E-state index contributed by atoms with van der Waals surface area (Å²) >= 11 is 1.71. The van der Waals surface area contributed by atoms with Crippen molar-refractivity contribution in [2.24, 2.45) is 5.41 Å². The smallest absolute Gasteiger partial charge is 0.309 e. The topological polar surface area (TPSA) is 84.6 Å². The Morgan fingerprint density at radius 3 is 2.24 bits per heavy atom. The average molecular weight is 519 g/mol. The Labute approximate surface area is 222 Å². The molecule has 0 saturated carbocycles. The molecule has 0 saturated heterocycles. The first-order valence-corrected chi connectivity index (χ1v) is 13.1. The second-order valence-corrected chi connectivity index (χ2v) is 12.8. The molecule has 0 aliphatic rings. The molecule has 2 heterocycles. The van der Waals surface area contributed by atoms with Gasteiger partial charge in [-0.15, -0.1) is 11.8 Å². The molecule has 0 bridgehead atoms. The molecule has 0 atom stereocenters. The highest BCUT2D eigenvalue weighted by Gasteiger charge is 2.32. The van der Waals surface area contributed by atoms with Gasteiger partial charge in [0.05, 0.1) is 12.5 Å². The Hall–Kier alpha value is -3.45. The summed E-state index contributed by atoms with van der Waals surface area (Å²) in [5, 5.41) is 21.2. The van der Waals surface area contributed by atoms with Crippen LogP contribution >= 0.6 is 11.8 Å². The third-order valence-corrected chi connectivity index (χ3v) is 7.55. The normalized spacial score (nSPS) is 12.2. The minimum atomic E-state index is -0.952. The number of carboxylic acid groups (broad SMARTS) is 1. The van der Waals surface area contributed by atoms with E-state index in [2.05, 4.69) is 54.6 Å². The van der Waals surface area contributed by atoms with Crippen molar-refractivity contribution >= 4 is 28.6 Å². The molecule has 4 rings (SSSR count). The maximum absolute atomic E-state index is 12.1. The third kappa shape index (κ3) is 5.93. The fraction of sp³-hybridized carbons (Fsp3) is 0.333. The average Bonchev–Trinajstić information content (AvgIpc) is 3.09. The predicted molar refractivity (Wildman–Crippen MR) is 150 cm³/mol. The predicted octanol–water partition coefficient (Wildman–Crippen LogP) is 7.01. The van der Waals surface area contributed by atoms with Crippen LogP contribution < -0.4 is 4.74 Å². The zero-order chi connectivity index (χ0) is 27.0. The molecule has 6 nitrogen and oxygen atoms in total. The molecular formula is C30H34N2O4S. The molecule has 0 unspecified atom stereocenters. The van der Waals surface area contributed by atoms with Crippen LogP contribution in [-0.2, 0) is 17.8 Å². The van der Waals surface area contributed by atoms with Gasteiger partial charge in [0.25, 0.3) is 0 Å². The molecule has 0 amide bonds. The van der Waals surface area contributed by atoms with Crippen molar-refractivity contribution in [1.29, 1.82) is 0 Å². The van der Waals surface area contributed by atoms with Crippen LogP contribution in [0.5, 0.6) is 11.6 Å². The van der Waals surface area contributed by atoms with Gasteiger partial charge in [-0.3, -0.25) is 4.79 Å². The number of phenolic OH excluding ortho intramolecular Hbond substituents is 1. The number of hydrogen-bond acceptors (Lipinski definition) is 5. The SMILES string of the molecule is COc1ccc(-c2ccc(Cn3c(CC(C)(C)C(=O)O)c(SC(C)(C)C)c4cc(O)ccc43)cc2)cn1. The molecule has 37 heavy (non-hydrogen) atoms. The van der Waals surface area contributed by atoms with E-state index in [1.54, 1.807) is 51.0 Å². The van der Waals surface area contributed by atoms with E-state index in [9.17, 15) is 15.0 Å². The van der Waals surface area contributed by atoms with E-state index in [0.717, 1.165) is 38.2 Å². The van der Waals surface area contributed by atoms with Gasteiger partial charge in [-0.2, -0.15) is 0 Å². The number of rotatable bonds is 8. The Bertz CT molecular complexity index is 1420. The molecule has 0 radical (unpaired) electrons. The largest absolute Gasteiger partial charge is 0.508 e. The molecular weight excluding hydrogens is 484 g/mol. The van der Waals surface area contributed by atoms with Crippen LogP contribution in [0.25, 0.3) is 22.0 Å². The van der Waals surface area contributed by atoms with Crippen LogP contribution in [0.1, 0.15) is 45.9 Å². The molecule has 7 heteroatoms. The Morgan fingerprint density at radius 1 is 1.00 bits per heavy atom. The number of aromatic nitrogens is 2. The summed E-state index contributed by atoms with van der Waals surface area (Å²) in [6.07, 6.45) is 2.16. The highest BCUT2D eigenvalue weighted by molar-refractivity contribution is 8.00. The lowest BCUT2D eigenvalue weighted by molar-refractivity contribution is -0.146. The lowest BCUT2D eigenvalue weighted by Crippen LogP contribution is -2.28. The number of phenols is 1. The van der Waals surface area contributed by atoms with Gasteiger partial charge in [0.1, 0.15) is 5.75 Å². The highest BCUT2D eigenvalue weighted by atomic mass is 32.2. The minimum Gasteiger partial charge on any atom is -0.508 e. The van der Waals surface area contributed by atoms with Gasteiger partial charge in [-0.25, -0.2) is 4.98 Å². The van der Waals surface area contributed by atoms with Crippen molar-refractivity contribution in [2.75, 3.05) is 7.11 Å². The quantitative estimate of drug-likeness (QED) is 0.244. The second-order valence-electron chi connectivity index (χ2n) is 10.9. The number of ether oxygens (including phenoxy) is 1. The van der Waals surface area contributed by atoms with E-state index in [1.807, 2.05) is 18.2 Å².